The molecule has 0 aliphatic rings. The molecule has 3 rings (SSSR count). The summed E-state index contributed by atoms with van der Waals surface area (Å²) in [4.78, 5) is 33.4. The number of carbonyl (C=O) groups excluding carboxylic acids is 1. The van der Waals surface area contributed by atoms with Crippen LogP contribution >= 0.6 is 11.6 Å². The van der Waals surface area contributed by atoms with Gasteiger partial charge in [-0.05, 0) is 55.7 Å². The van der Waals surface area contributed by atoms with Gasteiger partial charge in [0.2, 0.25) is 5.91 Å². The van der Waals surface area contributed by atoms with Crippen molar-refractivity contribution in [3.63, 3.8) is 0 Å². The van der Waals surface area contributed by atoms with Gasteiger partial charge >= 0.3 is 0 Å². The van der Waals surface area contributed by atoms with Gasteiger partial charge in [0.15, 0.2) is 0 Å². The highest BCUT2D eigenvalue weighted by Crippen LogP contribution is 2.26. The fourth-order valence-corrected chi connectivity index (χ4v) is 4.09. The Bertz CT molecular complexity index is 1170. The largest absolute Gasteiger partial charge is 0.383 e. The third kappa shape index (κ3) is 5.03. The summed E-state index contributed by atoms with van der Waals surface area (Å²) in [6.07, 6.45) is 0.409. The monoisotopic (exact) mass is 455 g/mol. The van der Waals surface area contributed by atoms with Crippen molar-refractivity contribution in [2.75, 3.05) is 20.3 Å². The third-order valence-corrected chi connectivity index (χ3v) is 5.72. The molecule has 0 saturated heterocycles. The van der Waals surface area contributed by atoms with Crippen molar-refractivity contribution in [3.05, 3.63) is 69.2 Å². The van der Waals surface area contributed by atoms with Crippen molar-refractivity contribution < 1.29 is 9.53 Å². The van der Waals surface area contributed by atoms with E-state index in [1.165, 1.54) is 0 Å². The number of carbonyl (C=O) groups is 1. The van der Waals surface area contributed by atoms with Crippen LogP contribution in [-0.4, -0.2) is 40.6 Å². The van der Waals surface area contributed by atoms with Crippen LogP contribution in [-0.2, 0) is 9.53 Å². The molecule has 170 valence electrons. The van der Waals surface area contributed by atoms with E-state index in [-0.39, 0.29) is 17.4 Å². The summed E-state index contributed by atoms with van der Waals surface area (Å²) in [6.45, 7) is 8.64. The second-order valence-corrected chi connectivity index (χ2v) is 8.85. The highest BCUT2D eigenvalue weighted by Gasteiger charge is 2.27. The molecule has 1 unspecified atom stereocenters. The summed E-state index contributed by atoms with van der Waals surface area (Å²) in [5, 5.41) is 1.12. The van der Waals surface area contributed by atoms with Gasteiger partial charge in [-0.15, -0.1) is 0 Å². The molecule has 32 heavy (non-hydrogen) atoms. The molecule has 1 aromatic heterocycles. The molecule has 0 spiro atoms. The smallest absolute Gasteiger partial charge is 0.266 e. The first-order valence-electron chi connectivity index (χ1n) is 10.8. The molecule has 1 atom stereocenters. The van der Waals surface area contributed by atoms with Crippen LogP contribution < -0.4 is 5.56 Å². The fourth-order valence-electron chi connectivity index (χ4n) is 3.86. The number of halogens is 1. The Labute approximate surface area is 193 Å². The van der Waals surface area contributed by atoms with E-state index in [0.717, 1.165) is 5.56 Å². The molecule has 3 aromatic rings. The van der Waals surface area contributed by atoms with E-state index >= 15 is 0 Å². The standard InChI is InChI=1S/C25H30ClN3O3/c1-16(2)14-23(30)28(12-13-32-5)18(4)24-27-21-9-7-6-8-20(21)25(31)29(24)22-11-10-19(26)15-17(22)3/h6-11,15-16,18H,12-14H2,1-5H3. The van der Waals surface area contributed by atoms with Gasteiger partial charge in [0.05, 0.1) is 29.2 Å². The first kappa shape index (κ1) is 24.0. The van der Waals surface area contributed by atoms with E-state index < -0.39 is 6.04 Å². The average Bonchev–Trinajstić information content (AvgIpc) is 2.74. The third-order valence-electron chi connectivity index (χ3n) is 5.48. The Morgan fingerprint density at radius 1 is 1.19 bits per heavy atom. The topological polar surface area (TPSA) is 64.4 Å². The highest BCUT2D eigenvalue weighted by atomic mass is 35.5. The number of nitrogens with zero attached hydrogens (tertiary/aromatic N) is 3. The number of benzene rings is 2. The van der Waals surface area contributed by atoms with Crippen LogP contribution in [0.25, 0.3) is 16.6 Å². The van der Waals surface area contributed by atoms with Gasteiger partial charge in [-0.3, -0.25) is 14.2 Å². The van der Waals surface area contributed by atoms with Crippen molar-refractivity contribution in [3.8, 4) is 5.69 Å². The van der Waals surface area contributed by atoms with Gasteiger partial charge in [0.25, 0.3) is 5.56 Å². The molecule has 2 aromatic carbocycles. The Balaban J connectivity index is 2.25. The van der Waals surface area contributed by atoms with Gasteiger partial charge in [0.1, 0.15) is 5.82 Å². The molecule has 0 aliphatic heterocycles. The van der Waals surface area contributed by atoms with Crippen LogP contribution in [0, 0.1) is 12.8 Å². The summed E-state index contributed by atoms with van der Waals surface area (Å²) in [7, 11) is 1.61. The van der Waals surface area contributed by atoms with Gasteiger partial charge in [0, 0.05) is 25.1 Å². The number of methoxy groups -OCH3 is 1. The number of ether oxygens (including phenoxy) is 1. The van der Waals surface area contributed by atoms with Gasteiger partial charge in [-0.25, -0.2) is 4.98 Å². The van der Waals surface area contributed by atoms with Crippen LogP contribution in [0.1, 0.15) is 44.6 Å². The summed E-state index contributed by atoms with van der Waals surface area (Å²) in [6, 6.07) is 12.2. The zero-order valence-corrected chi connectivity index (χ0v) is 20.0. The minimum atomic E-state index is -0.441. The minimum absolute atomic E-state index is 0.00587. The number of hydrogen-bond acceptors (Lipinski definition) is 4. The van der Waals surface area contributed by atoms with Gasteiger partial charge in [-0.1, -0.05) is 37.6 Å². The van der Waals surface area contributed by atoms with E-state index in [1.807, 2.05) is 58.0 Å². The lowest BCUT2D eigenvalue weighted by Crippen LogP contribution is -2.39. The molecule has 0 N–H and O–H groups in total. The molecular formula is C25H30ClN3O3. The normalized spacial score (nSPS) is 12.3. The number of amides is 1. The van der Waals surface area contributed by atoms with E-state index in [9.17, 15) is 9.59 Å². The lowest BCUT2D eigenvalue weighted by Gasteiger charge is -2.31. The van der Waals surface area contributed by atoms with Crippen molar-refractivity contribution in [1.82, 2.24) is 14.5 Å². The Kier molecular flexibility index (Phi) is 7.69. The molecule has 0 radical (unpaired) electrons. The van der Waals surface area contributed by atoms with Gasteiger partial charge < -0.3 is 9.64 Å². The van der Waals surface area contributed by atoms with Crippen LogP contribution in [0.2, 0.25) is 5.02 Å². The Morgan fingerprint density at radius 2 is 1.91 bits per heavy atom. The van der Waals surface area contributed by atoms with Crippen LogP contribution in [0.3, 0.4) is 0 Å². The summed E-state index contributed by atoms with van der Waals surface area (Å²) >= 11 is 6.17. The quantitative estimate of drug-likeness (QED) is 0.483. The predicted octanol–water partition coefficient (Wildman–Crippen LogP) is 4.93. The van der Waals surface area contributed by atoms with Crippen molar-refractivity contribution >= 4 is 28.4 Å². The minimum Gasteiger partial charge on any atom is -0.383 e. The SMILES string of the molecule is COCCN(C(=O)CC(C)C)C(C)c1nc2ccccc2c(=O)n1-c1ccc(Cl)cc1C. The number of rotatable bonds is 8. The lowest BCUT2D eigenvalue weighted by atomic mass is 10.1. The maximum atomic E-state index is 13.6. The fraction of sp³-hybridized carbons (Fsp3) is 0.400. The zero-order valence-electron chi connectivity index (χ0n) is 19.3. The zero-order chi connectivity index (χ0) is 23.4. The number of aromatic nitrogens is 2. The van der Waals surface area contributed by atoms with Crippen LogP contribution in [0.4, 0.5) is 0 Å². The van der Waals surface area contributed by atoms with Gasteiger partial charge in [-0.2, -0.15) is 0 Å². The molecule has 0 aliphatic carbocycles. The maximum Gasteiger partial charge on any atom is 0.266 e. The molecule has 0 fully saturated rings. The number of para-hydroxylation sites is 1. The number of hydrogen-bond donors (Lipinski definition) is 0. The number of aryl methyl sites for hydroxylation is 1. The second kappa shape index (κ2) is 10.3. The first-order chi connectivity index (χ1) is 15.2. The predicted molar refractivity (Wildman–Crippen MR) is 129 cm³/mol. The molecule has 7 heteroatoms. The molecule has 0 bridgehead atoms. The molecular weight excluding hydrogens is 426 g/mol. The van der Waals surface area contributed by atoms with Crippen molar-refractivity contribution in [2.24, 2.45) is 5.92 Å². The van der Waals surface area contributed by atoms with Crippen LogP contribution in [0.5, 0.6) is 0 Å². The molecule has 1 heterocycles. The maximum absolute atomic E-state index is 13.6. The van der Waals surface area contributed by atoms with Crippen LogP contribution in [0.15, 0.2) is 47.3 Å². The van der Waals surface area contributed by atoms with E-state index in [1.54, 1.807) is 28.7 Å². The number of fused-ring (bicyclic) bond motifs is 1. The summed E-state index contributed by atoms with van der Waals surface area (Å²) < 4.78 is 6.87. The molecule has 1 amide bonds. The first-order valence-corrected chi connectivity index (χ1v) is 11.2. The Morgan fingerprint density at radius 3 is 2.56 bits per heavy atom. The second-order valence-electron chi connectivity index (χ2n) is 8.41. The molecule has 0 saturated carbocycles. The van der Waals surface area contributed by atoms with E-state index in [2.05, 4.69) is 0 Å². The molecule has 6 nitrogen and oxygen atoms in total. The van der Waals surface area contributed by atoms with E-state index in [4.69, 9.17) is 21.3 Å². The Hall–Kier alpha value is -2.70. The highest BCUT2D eigenvalue weighted by molar-refractivity contribution is 6.30. The summed E-state index contributed by atoms with van der Waals surface area (Å²) in [5.74, 6) is 0.726. The average molecular weight is 456 g/mol. The van der Waals surface area contributed by atoms with Crippen molar-refractivity contribution in [1.29, 1.82) is 0 Å². The summed E-state index contributed by atoms with van der Waals surface area (Å²) in [5.41, 5.74) is 1.97. The van der Waals surface area contributed by atoms with Crippen molar-refractivity contribution in [2.45, 2.75) is 40.2 Å². The lowest BCUT2D eigenvalue weighted by molar-refractivity contribution is -0.135. The van der Waals surface area contributed by atoms with E-state index in [0.29, 0.717) is 47.0 Å².